The summed E-state index contributed by atoms with van der Waals surface area (Å²) in [6.07, 6.45) is 0. The molecule has 0 radical (unpaired) electrons. The summed E-state index contributed by atoms with van der Waals surface area (Å²) in [7, 11) is 0. The van der Waals surface area contributed by atoms with Gasteiger partial charge in [0.1, 0.15) is 0 Å². The predicted octanol–water partition coefficient (Wildman–Crippen LogP) is 3.23. The molecule has 0 saturated heterocycles. The molecular formula is C16H15ClN2O2. The molecule has 2 amide bonds. The lowest BCUT2D eigenvalue weighted by Crippen LogP contribution is -2.22. The van der Waals surface area contributed by atoms with Crippen LogP contribution in [-0.2, 0) is 11.3 Å². The van der Waals surface area contributed by atoms with Crippen LogP contribution in [0, 0.1) is 0 Å². The Bertz CT molecular complexity index is 654. The van der Waals surface area contributed by atoms with Crippen LogP contribution in [0.4, 0.5) is 5.69 Å². The minimum atomic E-state index is -0.190. The highest BCUT2D eigenvalue weighted by Gasteiger charge is 2.06. The van der Waals surface area contributed by atoms with Gasteiger partial charge in [-0.2, -0.15) is 0 Å². The molecule has 0 saturated carbocycles. The molecule has 0 unspecified atom stereocenters. The topological polar surface area (TPSA) is 58.2 Å². The Morgan fingerprint density at radius 2 is 1.71 bits per heavy atom. The van der Waals surface area contributed by atoms with Crippen molar-refractivity contribution in [2.75, 3.05) is 5.32 Å². The van der Waals surface area contributed by atoms with Gasteiger partial charge in [-0.1, -0.05) is 29.8 Å². The van der Waals surface area contributed by atoms with Gasteiger partial charge in [-0.25, -0.2) is 0 Å². The first-order chi connectivity index (χ1) is 10.1. The lowest BCUT2D eigenvalue weighted by atomic mass is 10.1. The number of rotatable bonds is 4. The van der Waals surface area contributed by atoms with Crippen molar-refractivity contribution in [2.24, 2.45) is 0 Å². The number of hydrogen-bond donors (Lipinski definition) is 2. The highest BCUT2D eigenvalue weighted by Crippen LogP contribution is 2.15. The van der Waals surface area contributed by atoms with E-state index in [0.717, 1.165) is 5.56 Å². The standard InChI is InChI=1S/C16H15ClN2O2/c1-11(20)19-14-8-6-12(7-9-14)16(21)18-10-13-4-2-3-5-15(13)17/h2-9H,10H2,1H3,(H,18,21)(H,19,20). The normalized spacial score (nSPS) is 10.0. The first kappa shape index (κ1) is 15.1. The second-order valence-electron chi connectivity index (χ2n) is 4.53. The third-order valence-electron chi connectivity index (χ3n) is 2.86. The first-order valence-electron chi connectivity index (χ1n) is 6.45. The SMILES string of the molecule is CC(=O)Nc1ccc(C(=O)NCc2ccccc2Cl)cc1. The molecule has 0 atom stereocenters. The van der Waals surface area contributed by atoms with Gasteiger partial charge >= 0.3 is 0 Å². The summed E-state index contributed by atoms with van der Waals surface area (Å²) in [6.45, 7) is 1.80. The molecule has 0 aliphatic heterocycles. The molecule has 0 bridgehead atoms. The molecule has 2 rings (SSSR count). The Balaban J connectivity index is 1.97. The molecule has 2 aromatic carbocycles. The number of halogens is 1. The van der Waals surface area contributed by atoms with Gasteiger partial charge in [0.2, 0.25) is 5.91 Å². The minimum Gasteiger partial charge on any atom is -0.348 e. The molecule has 5 heteroatoms. The summed E-state index contributed by atoms with van der Waals surface area (Å²) >= 11 is 6.03. The molecule has 0 aromatic heterocycles. The number of amides is 2. The van der Waals surface area contributed by atoms with Gasteiger partial charge in [0.05, 0.1) is 0 Å². The Morgan fingerprint density at radius 1 is 1.05 bits per heavy atom. The van der Waals surface area contributed by atoms with Crippen molar-refractivity contribution in [3.8, 4) is 0 Å². The number of carbonyl (C=O) groups is 2. The smallest absolute Gasteiger partial charge is 0.251 e. The number of anilines is 1. The van der Waals surface area contributed by atoms with Gasteiger partial charge < -0.3 is 10.6 Å². The summed E-state index contributed by atoms with van der Waals surface area (Å²) in [5.74, 6) is -0.338. The second kappa shape index (κ2) is 6.90. The quantitative estimate of drug-likeness (QED) is 0.911. The number of carbonyl (C=O) groups excluding carboxylic acids is 2. The van der Waals surface area contributed by atoms with Gasteiger partial charge in [-0.05, 0) is 35.9 Å². The summed E-state index contributed by atoms with van der Waals surface area (Å²) in [5.41, 5.74) is 2.05. The van der Waals surface area contributed by atoms with Crippen molar-refractivity contribution in [3.05, 3.63) is 64.7 Å². The van der Waals surface area contributed by atoms with Crippen LogP contribution in [0.25, 0.3) is 0 Å². The molecule has 0 aliphatic rings. The van der Waals surface area contributed by atoms with Crippen molar-refractivity contribution >= 4 is 29.1 Å². The lowest BCUT2D eigenvalue weighted by Gasteiger charge is -2.08. The molecule has 0 heterocycles. The maximum absolute atomic E-state index is 12.0. The summed E-state index contributed by atoms with van der Waals surface area (Å²) in [4.78, 5) is 22.9. The average molecular weight is 303 g/mol. The van der Waals surface area contributed by atoms with Crippen LogP contribution in [-0.4, -0.2) is 11.8 Å². The highest BCUT2D eigenvalue weighted by atomic mass is 35.5. The van der Waals surface area contributed by atoms with Crippen molar-refractivity contribution in [1.82, 2.24) is 5.32 Å². The van der Waals surface area contributed by atoms with Gasteiger partial charge in [0.15, 0.2) is 0 Å². The maximum atomic E-state index is 12.0. The molecule has 2 N–H and O–H groups in total. The van der Waals surface area contributed by atoms with Crippen molar-refractivity contribution < 1.29 is 9.59 Å². The van der Waals surface area contributed by atoms with Crippen LogP contribution < -0.4 is 10.6 Å². The Morgan fingerprint density at radius 3 is 2.33 bits per heavy atom. The van der Waals surface area contributed by atoms with Gasteiger partial charge in [-0.15, -0.1) is 0 Å². The van der Waals surface area contributed by atoms with Crippen LogP contribution in [0.5, 0.6) is 0 Å². The molecule has 108 valence electrons. The predicted molar refractivity (Wildman–Crippen MR) is 83.4 cm³/mol. The van der Waals surface area contributed by atoms with Crippen molar-refractivity contribution in [1.29, 1.82) is 0 Å². The molecule has 2 aromatic rings. The molecule has 0 aliphatic carbocycles. The van der Waals surface area contributed by atoms with E-state index >= 15 is 0 Å². The van der Waals surface area contributed by atoms with E-state index in [4.69, 9.17) is 11.6 Å². The summed E-state index contributed by atoms with van der Waals surface area (Å²) < 4.78 is 0. The van der Waals surface area contributed by atoms with Gasteiger partial charge in [0.25, 0.3) is 5.91 Å². The highest BCUT2D eigenvalue weighted by molar-refractivity contribution is 6.31. The summed E-state index contributed by atoms with van der Waals surface area (Å²) in [5, 5.41) is 6.08. The van der Waals surface area contributed by atoms with Gasteiger partial charge in [-0.3, -0.25) is 9.59 Å². The third kappa shape index (κ3) is 4.33. The molecular weight excluding hydrogens is 288 g/mol. The summed E-state index contributed by atoms with van der Waals surface area (Å²) in [6, 6.07) is 14.1. The zero-order valence-corrected chi connectivity index (χ0v) is 12.3. The minimum absolute atomic E-state index is 0.147. The first-order valence-corrected chi connectivity index (χ1v) is 6.83. The fourth-order valence-electron chi connectivity index (χ4n) is 1.83. The van der Waals surface area contributed by atoms with Crippen LogP contribution in [0.2, 0.25) is 5.02 Å². The van der Waals surface area contributed by atoms with Crippen LogP contribution in [0.15, 0.2) is 48.5 Å². The van der Waals surface area contributed by atoms with E-state index in [1.165, 1.54) is 6.92 Å². The monoisotopic (exact) mass is 302 g/mol. The Labute approximate surface area is 128 Å². The molecule has 0 spiro atoms. The lowest BCUT2D eigenvalue weighted by molar-refractivity contribution is -0.114. The fraction of sp³-hybridized carbons (Fsp3) is 0.125. The largest absolute Gasteiger partial charge is 0.348 e. The molecule has 21 heavy (non-hydrogen) atoms. The van der Waals surface area contributed by atoms with E-state index in [2.05, 4.69) is 10.6 Å². The van der Waals surface area contributed by atoms with Crippen LogP contribution in [0.1, 0.15) is 22.8 Å². The van der Waals surface area contributed by atoms with Gasteiger partial charge in [0, 0.05) is 29.7 Å². The molecule has 4 nitrogen and oxygen atoms in total. The van der Waals surface area contributed by atoms with Crippen molar-refractivity contribution in [2.45, 2.75) is 13.5 Å². The maximum Gasteiger partial charge on any atom is 0.251 e. The zero-order valence-electron chi connectivity index (χ0n) is 11.5. The van der Waals surface area contributed by atoms with E-state index in [0.29, 0.717) is 22.8 Å². The number of benzene rings is 2. The fourth-order valence-corrected chi connectivity index (χ4v) is 2.03. The third-order valence-corrected chi connectivity index (χ3v) is 3.23. The van der Waals surface area contributed by atoms with E-state index in [1.54, 1.807) is 30.3 Å². The van der Waals surface area contributed by atoms with E-state index in [1.807, 2.05) is 18.2 Å². The average Bonchev–Trinajstić information content (AvgIpc) is 2.46. The van der Waals surface area contributed by atoms with E-state index < -0.39 is 0 Å². The zero-order chi connectivity index (χ0) is 15.2. The number of nitrogens with one attached hydrogen (secondary N) is 2. The van der Waals surface area contributed by atoms with Crippen LogP contribution in [0.3, 0.4) is 0 Å². The Kier molecular flexibility index (Phi) is 4.95. The van der Waals surface area contributed by atoms with Crippen LogP contribution >= 0.6 is 11.6 Å². The Hall–Kier alpha value is -2.33. The van der Waals surface area contributed by atoms with E-state index in [-0.39, 0.29) is 11.8 Å². The number of hydrogen-bond acceptors (Lipinski definition) is 2. The van der Waals surface area contributed by atoms with E-state index in [9.17, 15) is 9.59 Å². The molecule has 0 fully saturated rings. The van der Waals surface area contributed by atoms with Crippen molar-refractivity contribution in [3.63, 3.8) is 0 Å². The second-order valence-corrected chi connectivity index (χ2v) is 4.94.